The van der Waals surface area contributed by atoms with Crippen LogP contribution >= 0.6 is 0 Å². The zero-order chi connectivity index (χ0) is 17.6. The quantitative estimate of drug-likeness (QED) is 0.711. The number of rotatable bonds is 1. The molecule has 0 saturated carbocycles. The van der Waals surface area contributed by atoms with Crippen molar-refractivity contribution in [2.45, 2.75) is 12.6 Å². The summed E-state index contributed by atoms with van der Waals surface area (Å²) in [5.74, 6) is 0.596. The standard InChI is InChI=1S/C17H13F3N4O/c18-17(19,20)12-5-1-2-6-13(12)24-16(25)11-7-9-22-15-10(14(11)23-24)4-3-8-21-15/h1-6,8,23H,7,9H2,(H,21,22). The van der Waals surface area contributed by atoms with Crippen LogP contribution in [0.3, 0.4) is 0 Å². The molecule has 0 saturated heterocycles. The number of nitrogens with one attached hydrogen (secondary N) is 2. The SMILES string of the molecule is O=c1c2c([nH]n1-c1ccccc1C(F)(F)F)-c1cccnc1NCC2. The summed E-state index contributed by atoms with van der Waals surface area (Å²) in [6.07, 6.45) is -2.55. The average Bonchev–Trinajstić information content (AvgIpc) is 2.80. The monoisotopic (exact) mass is 346 g/mol. The molecule has 5 nitrogen and oxygen atoms in total. The van der Waals surface area contributed by atoms with Crippen molar-refractivity contribution in [2.24, 2.45) is 0 Å². The summed E-state index contributed by atoms with van der Waals surface area (Å²) in [6.45, 7) is 0.477. The fourth-order valence-corrected chi connectivity index (χ4v) is 3.06. The first-order valence-electron chi connectivity index (χ1n) is 7.66. The summed E-state index contributed by atoms with van der Waals surface area (Å²) in [5, 5.41) is 5.97. The molecule has 0 fully saturated rings. The number of aromatic nitrogens is 3. The number of H-pyrrole nitrogens is 1. The molecule has 0 atom stereocenters. The molecule has 0 aliphatic carbocycles. The highest BCUT2D eigenvalue weighted by Gasteiger charge is 2.35. The van der Waals surface area contributed by atoms with E-state index in [1.54, 1.807) is 18.3 Å². The lowest BCUT2D eigenvalue weighted by Gasteiger charge is -2.12. The van der Waals surface area contributed by atoms with E-state index in [0.717, 1.165) is 10.7 Å². The molecule has 2 aromatic heterocycles. The number of benzene rings is 1. The minimum Gasteiger partial charge on any atom is -0.369 e. The number of halogens is 3. The molecule has 0 bridgehead atoms. The minimum absolute atomic E-state index is 0.216. The fourth-order valence-electron chi connectivity index (χ4n) is 3.06. The van der Waals surface area contributed by atoms with Crippen LogP contribution < -0.4 is 10.9 Å². The molecule has 0 radical (unpaired) electrons. The normalized spacial score (nSPS) is 13.6. The molecule has 2 N–H and O–H groups in total. The Morgan fingerprint density at radius 2 is 1.92 bits per heavy atom. The highest BCUT2D eigenvalue weighted by atomic mass is 19.4. The first-order valence-corrected chi connectivity index (χ1v) is 7.66. The molecule has 128 valence electrons. The maximum absolute atomic E-state index is 13.3. The van der Waals surface area contributed by atoms with E-state index in [1.165, 1.54) is 18.2 Å². The van der Waals surface area contributed by atoms with E-state index >= 15 is 0 Å². The van der Waals surface area contributed by atoms with E-state index in [9.17, 15) is 18.0 Å². The Morgan fingerprint density at radius 1 is 1.12 bits per heavy atom. The third-order valence-electron chi connectivity index (χ3n) is 4.18. The summed E-state index contributed by atoms with van der Waals surface area (Å²) in [7, 11) is 0. The smallest absolute Gasteiger partial charge is 0.369 e. The Bertz CT molecular complexity index is 1000. The van der Waals surface area contributed by atoms with Crippen LogP contribution in [0.2, 0.25) is 0 Å². The lowest BCUT2D eigenvalue weighted by molar-refractivity contribution is -0.137. The van der Waals surface area contributed by atoms with E-state index < -0.39 is 17.3 Å². The van der Waals surface area contributed by atoms with Gasteiger partial charge < -0.3 is 5.32 Å². The van der Waals surface area contributed by atoms with Gasteiger partial charge in [0.05, 0.1) is 16.9 Å². The summed E-state index contributed by atoms with van der Waals surface area (Å²) in [6, 6.07) is 8.51. The van der Waals surface area contributed by atoms with Crippen molar-refractivity contribution < 1.29 is 13.2 Å². The van der Waals surface area contributed by atoms with Gasteiger partial charge in [0.1, 0.15) is 5.82 Å². The van der Waals surface area contributed by atoms with Crippen LogP contribution in [-0.2, 0) is 12.6 Å². The van der Waals surface area contributed by atoms with Crippen LogP contribution in [0.5, 0.6) is 0 Å². The molecular formula is C17H13F3N4O. The number of hydrogen-bond donors (Lipinski definition) is 2. The molecule has 4 rings (SSSR count). The highest BCUT2D eigenvalue weighted by Crippen LogP contribution is 2.34. The predicted octanol–water partition coefficient (Wildman–Crippen LogP) is 3.21. The molecule has 1 aromatic carbocycles. The first-order chi connectivity index (χ1) is 12.0. The zero-order valence-electron chi connectivity index (χ0n) is 12.9. The van der Waals surface area contributed by atoms with Crippen LogP contribution in [0, 0.1) is 0 Å². The molecular weight excluding hydrogens is 333 g/mol. The van der Waals surface area contributed by atoms with Crippen molar-refractivity contribution in [1.29, 1.82) is 0 Å². The van der Waals surface area contributed by atoms with E-state index in [0.29, 0.717) is 35.6 Å². The molecule has 0 amide bonds. The first kappa shape index (κ1) is 15.5. The van der Waals surface area contributed by atoms with Crippen molar-refractivity contribution in [3.8, 4) is 16.9 Å². The van der Waals surface area contributed by atoms with Crippen molar-refractivity contribution in [1.82, 2.24) is 14.8 Å². The van der Waals surface area contributed by atoms with Crippen LogP contribution in [0.25, 0.3) is 16.9 Å². The second-order valence-corrected chi connectivity index (χ2v) is 5.70. The Hall–Kier alpha value is -3.03. The third kappa shape index (κ3) is 2.50. The molecule has 3 heterocycles. The van der Waals surface area contributed by atoms with Crippen molar-refractivity contribution >= 4 is 5.82 Å². The second kappa shape index (κ2) is 5.51. The van der Waals surface area contributed by atoms with Crippen LogP contribution in [0.1, 0.15) is 11.1 Å². The highest BCUT2D eigenvalue weighted by molar-refractivity contribution is 5.76. The van der Waals surface area contributed by atoms with Gasteiger partial charge in [-0.2, -0.15) is 13.2 Å². The van der Waals surface area contributed by atoms with Crippen LogP contribution in [-0.4, -0.2) is 21.3 Å². The second-order valence-electron chi connectivity index (χ2n) is 5.70. The molecule has 0 unspecified atom stereocenters. The molecule has 1 aliphatic rings. The van der Waals surface area contributed by atoms with Gasteiger partial charge in [-0.25, -0.2) is 9.67 Å². The fraction of sp³-hybridized carbons (Fsp3) is 0.176. The molecule has 0 spiro atoms. The third-order valence-corrected chi connectivity index (χ3v) is 4.18. The van der Waals surface area contributed by atoms with Gasteiger partial charge in [-0.1, -0.05) is 12.1 Å². The molecule has 25 heavy (non-hydrogen) atoms. The van der Waals surface area contributed by atoms with Crippen molar-refractivity contribution in [3.63, 3.8) is 0 Å². The van der Waals surface area contributed by atoms with Gasteiger partial charge >= 0.3 is 6.18 Å². The van der Waals surface area contributed by atoms with Crippen molar-refractivity contribution in [2.75, 3.05) is 11.9 Å². The number of aromatic amines is 1. The van der Waals surface area contributed by atoms with Gasteiger partial charge in [0, 0.05) is 23.9 Å². The number of para-hydroxylation sites is 1. The maximum Gasteiger partial charge on any atom is 0.418 e. The Balaban J connectivity index is 1.97. The Labute approximate surface area is 140 Å². The zero-order valence-corrected chi connectivity index (χ0v) is 12.9. The summed E-state index contributed by atoms with van der Waals surface area (Å²) in [4.78, 5) is 17.0. The van der Waals surface area contributed by atoms with Gasteiger partial charge in [0.25, 0.3) is 5.56 Å². The predicted molar refractivity (Wildman–Crippen MR) is 86.8 cm³/mol. The Kier molecular flexibility index (Phi) is 3.41. The Morgan fingerprint density at radius 3 is 2.72 bits per heavy atom. The summed E-state index contributed by atoms with van der Waals surface area (Å²) >= 11 is 0. The molecule has 3 aromatic rings. The van der Waals surface area contributed by atoms with Crippen LogP contribution in [0.4, 0.5) is 19.0 Å². The number of nitrogens with zero attached hydrogens (tertiary/aromatic N) is 2. The van der Waals surface area contributed by atoms with E-state index in [4.69, 9.17) is 0 Å². The summed E-state index contributed by atoms with van der Waals surface area (Å²) in [5.41, 5.74) is 0.0383. The van der Waals surface area contributed by atoms with Crippen molar-refractivity contribution in [3.05, 3.63) is 64.1 Å². The number of hydrogen-bond acceptors (Lipinski definition) is 3. The average molecular weight is 346 g/mol. The number of pyridine rings is 1. The lowest BCUT2D eigenvalue weighted by atomic mass is 10.1. The van der Waals surface area contributed by atoms with Gasteiger partial charge in [0.2, 0.25) is 0 Å². The number of alkyl halides is 3. The number of anilines is 1. The van der Waals surface area contributed by atoms with E-state index in [-0.39, 0.29) is 5.69 Å². The molecule has 8 heteroatoms. The van der Waals surface area contributed by atoms with E-state index in [1.807, 2.05) is 0 Å². The van der Waals surface area contributed by atoms with Gasteiger partial charge in [-0.3, -0.25) is 9.89 Å². The van der Waals surface area contributed by atoms with E-state index in [2.05, 4.69) is 15.4 Å². The maximum atomic E-state index is 13.3. The summed E-state index contributed by atoms with van der Waals surface area (Å²) < 4.78 is 40.9. The largest absolute Gasteiger partial charge is 0.418 e. The number of fused-ring (bicyclic) bond motifs is 3. The molecule has 1 aliphatic heterocycles. The minimum atomic E-state index is -4.56. The van der Waals surface area contributed by atoms with Gasteiger partial charge in [0.15, 0.2) is 0 Å². The van der Waals surface area contributed by atoms with Gasteiger partial charge in [-0.05, 0) is 30.7 Å². The van der Waals surface area contributed by atoms with Crippen LogP contribution in [0.15, 0.2) is 47.4 Å². The lowest BCUT2D eigenvalue weighted by Crippen LogP contribution is -2.22. The van der Waals surface area contributed by atoms with Gasteiger partial charge in [-0.15, -0.1) is 0 Å². The topological polar surface area (TPSA) is 62.7 Å².